The summed E-state index contributed by atoms with van der Waals surface area (Å²) in [6.07, 6.45) is 10.5. The molecule has 3 N–H and O–H groups in total. The van der Waals surface area contributed by atoms with Gasteiger partial charge >= 0.3 is 0 Å². The van der Waals surface area contributed by atoms with Crippen molar-refractivity contribution in [3.63, 3.8) is 0 Å². The lowest BCUT2D eigenvalue weighted by Crippen LogP contribution is -2.20. The van der Waals surface area contributed by atoms with Crippen molar-refractivity contribution in [1.82, 2.24) is 35.5 Å². The highest BCUT2D eigenvalue weighted by Gasteiger charge is 2.16. The number of aromatic amines is 2. The molecule has 0 aromatic carbocycles. The molecule has 6 heterocycles. The average molecular weight is 393 g/mol. The minimum atomic E-state index is 0.839. The van der Waals surface area contributed by atoms with Crippen LogP contribution < -0.4 is 5.32 Å². The van der Waals surface area contributed by atoms with Crippen LogP contribution in [-0.2, 0) is 0 Å². The fourth-order valence-corrected chi connectivity index (χ4v) is 4.09. The zero-order chi connectivity index (χ0) is 19.9. The number of hydrogen-bond acceptors (Lipinski definition) is 5. The zero-order valence-corrected chi connectivity index (χ0v) is 16.2. The summed E-state index contributed by atoms with van der Waals surface area (Å²) >= 11 is 0. The lowest BCUT2D eigenvalue weighted by atomic mass is 10.0. The first-order valence-corrected chi connectivity index (χ1v) is 9.99. The lowest BCUT2D eigenvalue weighted by molar-refractivity contribution is 0.737. The van der Waals surface area contributed by atoms with Gasteiger partial charge in [-0.1, -0.05) is 6.08 Å². The second-order valence-electron chi connectivity index (χ2n) is 7.41. The van der Waals surface area contributed by atoms with Gasteiger partial charge in [-0.25, -0.2) is 4.98 Å². The van der Waals surface area contributed by atoms with Crippen LogP contribution in [0.5, 0.6) is 0 Å². The molecule has 1 aliphatic heterocycles. The third-order valence-corrected chi connectivity index (χ3v) is 5.62. The fraction of sp³-hybridized carbons (Fsp3) is 0.130. The Morgan fingerprint density at radius 3 is 2.73 bits per heavy atom. The van der Waals surface area contributed by atoms with E-state index in [9.17, 15) is 0 Å². The van der Waals surface area contributed by atoms with Crippen molar-refractivity contribution in [3.8, 4) is 22.5 Å². The fourth-order valence-electron chi connectivity index (χ4n) is 4.09. The molecule has 0 bridgehead atoms. The summed E-state index contributed by atoms with van der Waals surface area (Å²) in [5.74, 6) is 0. The van der Waals surface area contributed by atoms with Gasteiger partial charge in [-0.2, -0.15) is 5.10 Å². The number of nitrogens with one attached hydrogen (secondary N) is 3. The van der Waals surface area contributed by atoms with Crippen LogP contribution in [0.15, 0.2) is 61.2 Å². The van der Waals surface area contributed by atoms with Crippen molar-refractivity contribution in [1.29, 1.82) is 0 Å². The molecule has 146 valence electrons. The van der Waals surface area contributed by atoms with E-state index in [0.29, 0.717) is 0 Å². The quantitative estimate of drug-likeness (QED) is 0.432. The molecule has 7 nitrogen and oxygen atoms in total. The van der Waals surface area contributed by atoms with Crippen LogP contribution in [0, 0.1) is 0 Å². The summed E-state index contributed by atoms with van der Waals surface area (Å²) < 4.78 is 0. The lowest BCUT2D eigenvalue weighted by Gasteiger charge is -2.13. The molecule has 0 fully saturated rings. The number of rotatable bonds is 3. The Morgan fingerprint density at radius 1 is 0.933 bits per heavy atom. The second kappa shape index (κ2) is 6.89. The van der Waals surface area contributed by atoms with E-state index in [4.69, 9.17) is 0 Å². The van der Waals surface area contributed by atoms with Gasteiger partial charge in [-0.15, -0.1) is 0 Å². The Labute approximate surface area is 172 Å². The Bertz CT molecular complexity index is 1400. The molecule has 0 saturated heterocycles. The van der Waals surface area contributed by atoms with Crippen LogP contribution in [0.1, 0.15) is 12.1 Å². The molecule has 0 unspecified atom stereocenters. The van der Waals surface area contributed by atoms with Crippen LogP contribution in [0.3, 0.4) is 0 Å². The summed E-state index contributed by atoms with van der Waals surface area (Å²) in [6, 6.07) is 10.3. The first-order valence-electron chi connectivity index (χ1n) is 9.99. The second-order valence-corrected chi connectivity index (χ2v) is 7.41. The third-order valence-electron chi connectivity index (χ3n) is 5.62. The highest BCUT2D eigenvalue weighted by atomic mass is 15.1. The maximum atomic E-state index is 4.64. The molecule has 0 saturated carbocycles. The summed E-state index contributed by atoms with van der Waals surface area (Å²) in [4.78, 5) is 16.7. The third kappa shape index (κ3) is 2.79. The Hall–Kier alpha value is -3.84. The molecule has 6 rings (SSSR count). The van der Waals surface area contributed by atoms with Crippen molar-refractivity contribution < 1.29 is 0 Å². The van der Waals surface area contributed by atoms with E-state index >= 15 is 0 Å². The van der Waals surface area contributed by atoms with Crippen molar-refractivity contribution in [2.45, 2.75) is 6.42 Å². The summed E-state index contributed by atoms with van der Waals surface area (Å²) in [5.41, 5.74) is 8.09. The number of fused-ring (bicyclic) bond motifs is 2. The molecule has 1 aliphatic rings. The average Bonchev–Trinajstić information content (AvgIpc) is 3.43. The van der Waals surface area contributed by atoms with Gasteiger partial charge in [0.2, 0.25) is 0 Å². The van der Waals surface area contributed by atoms with E-state index < -0.39 is 0 Å². The predicted octanol–water partition coefficient (Wildman–Crippen LogP) is 3.94. The van der Waals surface area contributed by atoms with Crippen molar-refractivity contribution >= 4 is 27.5 Å². The summed E-state index contributed by atoms with van der Waals surface area (Å²) in [7, 11) is 0. The molecule has 0 aliphatic carbocycles. The van der Waals surface area contributed by atoms with E-state index in [1.807, 2.05) is 30.6 Å². The van der Waals surface area contributed by atoms with Gasteiger partial charge in [0.05, 0.1) is 23.1 Å². The smallest absolute Gasteiger partial charge is 0.138 e. The van der Waals surface area contributed by atoms with Gasteiger partial charge in [0.15, 0.2) is 0 Å². The van der Waals surface area contributed by atoms with Gasteiger partial charge < -0.3 is 10.3 Å². The topological polar surface area (TPSA) is 95.2 Å². The molecule has 5 aromatic heterocycles. The van der Waals surface area contributed by atoms with E-state index in [2.05, 4.69) is 53.7 Å². The van der Waals surface area contributed by atoms with Gasteiger partial charge in [0.25, 0.3) is 0 Å². The highest BCUT2D eigenvalue weighted by molar-refractivity contribution is 6.00. The maximum Gasteiger partial charge on any atom is 0.138 e. The summed E-state index contributed by atoms with van der Waals surface area (Å²) in [5, 5.41) is 13.2. The Morgan fingerprint density at radius 2 is 1.87 bits per heavy atom. The molecule has 0 spiro atoms. The van der Waals surface area contributed by atoms with E-state index in [-0.39, 0.29) is 0 Å². The maximum absolute atomic E-state index is 4.64. The number of hydrogen-bond donors (Lipinski definition) is 3. The van der Waals surface area contributed by atoms with Crippen molar-refractivity contribution in [3.05, 3.63) is 66.9 Å². The highest BCUT2D eigenvalue weighted by Crippen LogP contribution is 2.33. The van der Waals surface area contributed by atoms with E-state index in [0.717, 1.165) is 69.7 Å². The number of nitrogens with zero attached hydrogens (tertiary/aromatic N) is 4. The largest absolute Gasteiger partial charge is 0.338 e. The molecular formula is C23H19N7. The molecule has 0 atom stereocenters. The summed E-state index contributed by atoms with van der Waals surface area (Å²) in [6.45, 7) is 1.87. The Kier molecular flexibility index (Phi) is 3.92. The number of H-pyrrole nitrogens is 2. The minimum absolute atomic E-state index is 0.839. The predicted molar refractivity (Wildman–Crippen MR) is 118 cm³/mol. The first-order chi connectivity index (χ1) is 14.9. The minimum Gasteiger partial charge on any atom is -0.338 e. The van der Waals surface area contributed by atoms with Gasteiger partial charge in [-0.3, -0.25) is 15.1 Å². The van der Waals surface area contributed by atoms with Crippen molar-refractivity contribution in [2.24, 2.45) is 0 Å². The zero-order valence-electron chi connectivity index (χ0n) is 16.2. The van der Waals surface area contributed by atoms with E-state index in [1.165, 1.54) is 5.57 Å². The first kappa shape index (κ1) is 17.1. The Balaban J connectivity index is 1.50. The van der Waals surface area contributed by atoms with Gasteiger partial charge in [0, 0.05) is 35.9 Å². The SMILES string of the molecule is C1=C(c2cc3c(-c4cc5c(-c6ccncc6)ccnc5[nH]4)n[nH]c3cn2)CCNC1. The number of aromatic nitrogens is 6. The normalized spacial score (nSPS) is 14.3. The molecule has 7 heteroatoms. The van der Waals surface area contributed by atoms with E-state index in [1.54, 1.807) is 12.4 Å². The molecule has 5 aromatic rings. The van der Waals surface area contributed by atoms with Crippen LogP contribution in [0.2, 0.25) is 0 Å². The van der Waals surface area contributed by atoms with Crippen LogP contribution in [-0.4, -0.2) is 43.2 Å². The standard InChI is InChI=1S/C23H19N7/c1-6-24-7-2-14(1)16-5-10-26-23-17(16)11-20(28-23)22-18-12-19(15-3-8-25-9-4-15)27-13-21(18)29-30-22/h1-3,5-7,10-13,25H,4,8-9H2,(H,26,28)(H,29,30). The van der Waals surface area contributed by atoms with Crippen LogP contribution >= 0.6 is 0 Å². The van der Waals surface area contributed by atoms with Crippen molar-refractivity contribution in [2.75, 3.05) is 13.1 Å². The molecular weight excluding hydrogens is 374 g/mol. The molecule has 0 radical (unpaired) electrons. The molecule has 30 heavy (non-hydrogen) atoms. The number of pyridine rings is 3. The molecule has 0 amide bonds. The van der Waals surface area contributed by atoms with Gasteiger partial charge in [-0.05, 0) is 60.0 Å². The van der Waals surface area contributed by atoms with Crippen LogP contribution in [0.4, 0.5) is 0 Å². The van der Waals surface area contributed by atoms with Gasteiger partial charge in [0.1, 0.15) is 11.3 Å². The van der Waals surface area contributed by atoms with Crippen LogP contribution in [0.25, 0.3) is 50.0 Å². The monoisotopic (exact) mass is 393 g/mol.